The van der Waals surface area contributed by atoms with E-state index in [0.717, 1.165) is 21.1 Å². The molecule has 5 heteroatoms. The van der Waals surface area contributed by atoms with Crippen LogP contribution in [0.2, 0.25) is 0 Å². The lowest BCUT2D eigenvalue weighted by molar-refractivity contribution is -0.123. The summed E-state index contributed by atoms with van der Waals surface area (Å²) in [5.74, 6) is 0.330. The quantitative estimate of drug-likeness (QED) is 0.508. The molecule has 0 saturated carbocycles. The fraction of sp³-hybridized carbons (Fsp3) is 0.100. The van der Waals surface area contributed by atoms with E-state index in [9.17, 15) is 4.79 Å². The number of carbonyl (C=O) groups excluding carboxylic acids is 1. The Morgan fingerprint density at radius 2 is 1.76 bits per heavy atom. The summed E-state index contributed by atoms with van der Waals surface area (Å²) in [6, 6.07) is 21.5. The lowest BCUT2D eigenvalue weighted by Gasteiger charge is -2.06. The zero-order valence-electron chi connectivity index (χ0n) is 13.7. The number of halogens is 1. The van der Waals surface area contributed by atoms with Crippen LogP contribution in [0, 0.1) is 0 Å². The summed E-state index contributed by atoms with van der Waals surface area (Å²) in [6.07, 6.45) is 0. The van der Waals surface area contributed by atoms with Gasteiger partial charge in [0.2, 0.25) is 0 Å². The van der Waals surface area contributed by atoms with Crippen LogP contribution in [0.4, 0.5) is 0 Å². The third-order valence-electron chi connectivity index (χ3n) is 3.70. The van der Waals surface area contributed by atoms with Crippen molar-refractivity contribution in [1.29, 1.82) is 0 Å². The molecule has 0 atom stereocenters. The zero-order valence-corrected chi connectivity index (χ0v) is 15.3. The number of hydrogen-bond donors (Lipinski definition) is 1. The van der Waals surface area contributed by atoms with Gasteiger partial charge in [0, 0.05) is 4.47 Å². The second-order valence-corrected chi connectivity index (χ2v) is 6.45. The molecule has 1 amide bonds. The molecule has 0 fully saturated rings. The lowest BCUT2D eigenvalue weighted by Crippen LogP contribution is -2.25. The highest BCUT2D eigenvalue weighted by Crippen LogP contribution is 2.17. The van der Waals surface area contributed by atoms with Crippen LogP contribution >= 0.6 is 15.9 Å². The second-order valence-electron chi connectivity index (χ2n) is 5.54. The highest BCUT2D eigenvalue weighted by molar-refractivity contribution is 9.10. The van der Waals surface area contributed by atoms with Gasteiger partial charge in [0.05, 0.1) is 5.71 Å². The smallest absolute Gasteiger partial charge is 0.277 e. The van der Waals surface area contributed by atoms with Gasteiger partial charge in [0.1, 0.15) is 5.75 Å². The molecule has 3 aromatic rings. The molecule has 3 rings (SSSR count). The average molecular weight is 397 g/mol. The number of rotatable bonds is 5. The Morgan fingerprint density at radius 1 is 1.04 bits per heavy atom. The molecule has 0 spiro atoms. The van der Waals surface area contributed by atoms with Crippen LogP contribution in [0.5, 0.6) is 5.75 Å². The second kappa shape index (κ2) is 7.94. The van der Waals surface area contributed by atoms with E-state index >= 15 is 0 Å². The Bertz CT molecular complexity index is 920. The van der Waals surface area contributed by atoms with Crippen molar-refractivity contribution >= 4 is 38.3 Å². The van der Waals surface area contributed by atoms with Gasteiger partial charge in [0.15, 0.2) is 6.61 Å². The minimum absolute atomic E-state index is 0.0872. The Balaban J connectivity index is 1.59. The molecule has 0 bridgehead atoms. The summed E-state index contributed by atoms with van der Waals surface area (Å²) in [7, 11) is 0. The van der Waals surface area contributed by atoms with Gasteiger partial charge < -0.3 is 4.74 Å². The highest BCUT2D eigenvalue weighted by atomic mass is 79.9. The van der Waals surface area contributed by atoms with Crippen molar-refractivity contribution in [2.24, 2.45) is 5.10 Å². The first-order valence-corrected chi connectivity index (χ1v) is 8.62. The Kier molecular flexibility index (Phi) is 5.46. The fourth-order valence-electron chi connectivity index (χ4n) is 2.34. The SMILES string of the molecule is C/C(=N\NC(=O)COc1ccc(Br)cc1)c1ccc2ccccc2c1. The monoisotopic (exact) mass is 396 g/mol. The molecule has 0 aliphatic heterocycles. The first-order valence-electron chi connectivity index (χ1n) is 7.82. The zero-order chi connectivity index (χ0) is 17.6. The molecule has 0 saturated heterocycles. The number of carbonyl (C=O) groups is 1. The topological polar surface area (TPSA) is 50.7 Å². The molecule has 0 radical (unpaired) electrons. The maximum absolute atomic E-state index is 11.9. The van der Waals surface area contributed by atoms with Gasteiger partial charge in [-0.25, -0.2) is 5.43 Å². The van der Waals surface area contributed by atoms with Gasteiger partial charge >= 0.3 is 0 Å². The average Bonchev–Trinajstić information content (AvgIpc) is 2.65. The molecule has 0 aliphatic carbocycles. The summed E-state index contributed by atoms with van der Waals surface area (Å²) in [5, 5.41) is 6.47. The third kappa shape index (κ3) is 4.67. The number of hydrogen-bond acceptors (Lipinski definition) is 3. The molecule has 25 heavy (non-hydrogen) atoms. The summed E-state index contributed by atoms with van der Waals surface area (Å²) in [4.78, 5) is 11.9. The first-order chi connectivity index (χ1) is 12.1. The van der Waals surface area contributed by atoms with E-state index in [4.69, 9.17) is 4.74 Å². The molecule has 126 valence electrons. The van der Waals surface area contributed by atoms with Gasteiger partial charge in [-0.3, -0.25) is 4.79 Å². The largest absolute Gasteiger partial charge is 0.484 e. The molecule has 0 aromatic heterocycles. The summed E-state index contributed by atoms with van der Waals surface area (Å²) >= 11 is 3.35. The minimum atomic E-state index is -0.303. The molecule has 0 heterocycles. The normalized spacial score (nSPS) is 11.4. The molecule has 1 N–H and O–H groups in total. The van der Waals surface area contributed by atoms with E-state index in [1.165, 1.54) is 5.39 Å². The summed E-state index contributed by atoms with van der Waals surface area (Å²) in [6.45, 7) is 1.77. The van der Waals surface area contributed by atoms with Crippen molar-refractivity contribution < 1.29 is 9.53 Å². The standard InChI is InChI=1S/C20H17BrN2O2/c1-14(16-7-6-15-4-2-3-5-17(15)12-16)22-23-20(24)13-25-19-10-8-18(21)9-11-19/h2-12H,13H2,1H3,(H,23,24)/b22-14+. The van der Waals surface area contributed by atoms with E-state index in [1.54, 1.807) is 12.1 Å². The van der Waals surface area contributed by atoms with Crippen molar-refractivity contribution in [3.63, 3.8) is 0 Å². The van der Waals surface area contributed by atoms with Gasteiger partial charge in [-0.1, -0.05) is 52.3 Å². The number of nitrogens with zero attached hydrogens (tertiary/aromatic N) is 1. The fourth-order valence-corrected chi connectivity index (χ4v) is 2.60. The molecule has 4 nitrogen and oxygen atoms in total. The Labute approximate surface area is 154 Å². The maximum atomic E-state index is 11.9. The van der Waals surface area contributed by atoms with Crippen molar-refractivity contribution in [3.8, 4) is 5.75 Å². The number of benzene rings is 3. The number of fused-ring (bicyclic) bond motifs is 1. The predicted molar refractivity (Wildman–Crippen MR) is 104 cm³/mol. The number of nitrogens with one attached hydrogen (secondary N) is 1. The van der Waals surface area contributed by atoms with E-state index in [0.29, 0.717) is 5.75 Å². The predicted octanol–water partition coefficient (Wildman–Crippen LogP) is 4.52. The molecule has 0 unspecified atom stereocenters. The van der Waals surface area contributed by atoms with Crippen LogP contribution in [0.3, 0.4) is 0 Å². The van der Waals surface area contributed by atoms with Gasteiger partial charge in [0.25, 0.3) is 5.91 Å². The van der Waals surface area contributed by atoms with E-state index in [1.807, 2.05) is 43.3 Å². The maximum Gasteiger partial charge on any atom is 0.277 e. The van der Waals surface area contributed by atoms with Crippen LogP contribution in [0.1, 0.15) is 12.5 Å². The van der Waals surface area contributed by atoms with E-state index in [-0.39, 0.29) is 12.5 Å². The molecular weight excluding hydrogens is 380 g/mol. The van der Waals surface area contributed by atoms with Gasteiger partial charge in [-0.15, -0.1) is 0 Å². The van der Waals surface area contributed by atoms with Crippen molar-refractivity contribution in [1.82, 2.24) is 5.43 Å². The summed E-state index contributed by atoms with van der Waals surface area (Å²) in [5.41, 5.74) is 4.23. The number of amides is 1. The first kappa shape index (κ1) is 17.2. The third-order valence-corrected chi connectivity index (χ3v) is 4.23. The van der Waals surface area contributed by atoms with Crippen LogP contribution in [0.25, 0.3) is 10.8 Å². The van der Waals surface area contributed by atoms with Crippen molar-refractivity contribution in [2.45, 2.75) is 6.92 Å². The Hall–Kier alpha value is -2.66. The van der Waals surface area contributed by atoms with Crippen LogP contribution in [-0.2, 0) is 4.79 Å². The van der Waals surface area contributed by atoms with Gasteiger partial charge in [-0.05, 0) is 53.6 Å². The molecule has 0 aliphatic rings. The van der Waals surface area contributed by atoms with Crippen LogP contribution in [-0.4, -0.2) is 18.2 Å². The number of hydrazone groups is 1. The lowest BCUT2D eigenvalue weighted by atomic mass is 10.0. The Morgan fingerprint density at radius 3 is 2.52 bits per heavy atom. The number of ether oxygens (including phenoxy) is 1. The molecular formula is C20H17BrN2O2. The molecule has 3 aromatic carbocycles. The van der Waals surface area contributed by atoms with Gasteiger partial charge in [-0.2, -0.15) is 5.10 Å². The summed E-state index contributed by atoms with van der Waals surface area (Å²) < 4.78 is 6.37. The van der Waals surface area contributed by atoms with Crippen molar-refractivity contribution in [2.75, 3.05) is 6.61 Å². The van der Waals surface area contributed by atoms with E-state index in [2.05, 4.69) is 44.7 Å². The van der Waals surface area contributed by atoms with Crippen molar-refractivity contribution in [3.05, 3.63) is 76.8 Å². The van der Waals surface area contributed by atoms with E-state index < -0.39 is 0 Å². The highest BCUT2D eigenvalue weighted by Gasteiger charge is 2.04. The van der Waals surface area contributed by atoms with Crippen LogP contribution < -0.4 is 10.2 Å². The van der Waals surface area contributed by atoms with Crippen LogP contribution in [0.15, 0.2) is 76.3 Å². The minimum Gasteiger partial charge on any atom is -0.484 e.